The number of halogens is 2. The number of likely N-dealkylation sites (tertiary alicyclic amines) is 1. The summed E-state index contributed by atoms with van der Waals surface area (Å²) in [5.41, 5.74) is 9.94. The van der Waals surface area contributed by atoms with Crippen molar-refractivity contribution in [2.24, 2.45) is 0 Å². The highest BCUT2D eigenvalue weighted by Crippen LogP contribution is 2.34. The molecule has 1 aliphatic heterocycles. The van der Waals surface area contributed by atoms with Crippen molar-refractivity contribution in [1.29, 1.82) is 0 Å². The lowest BCUT2D eigenvalue weighted by atomic mass is 10.00. The first-order valence-electron chi connectivity index (χ1n) is 12.4. The molecule has 6 rings (SSSR count). The summed E-state index contributed by atoms with van der Waals surface area (Å²) in [5, 5.41) is 11.8. The van der Waals surface area contributed by atoms with E-state index >= 15 is 0 Å². The van der Waals surface area contributed by atoms with Crippen LogP contribution in [0, 0.1) is 6.92 Å². The Labute approximate surface area is 222 Å². The van der Waals surface area contributed by atoms with Crippen LogP contribution in [0.5, 0.6) is 0 Å². The van der Waals surface area contributed by atoms with E-state index in [0.717, 1.165) is 61.6 Å². The molecule has 0 aromatic carbocycles. The van der Waals surface area contributed by atoms with Crippen molar-refractivity contribution in [3.8, 4) is 22.6 Å². The first-order chi connectivity index (χ1) is 18.4. The molecule has 9 heteroatoms. The van der Waals surface area contributed by atoms with Crippen LogP contribution in [0.2, 0.25) is 0 Å². The van der Waals surface area contributed by atoms with E-state index in [4.69, 9.17) is 4.98 Å². The Morgan fingerprint density at radius 1 is 1.24 bits per heavy atom. The number of aromatic nitrogens is 5. The highest BCUT2D eigenvalue weighted by atomic mass is 32.1. The molecule has 0 aliphatic carbocycles. The maximum atomic E-state index is 13.6. The van der Waals surface area contributed by atoms with E-state index in [1.807, 2.05) is 31.2 Å². The zero-order valence-electron chi connectivity index (χ0n) is 20.8. The van der Waals surface area contributed by atoms with Crippen molar-refractivity contribution >= 4 is 27.9 Å². The summed E-state index contributed by atoms with van der Waals surface area (Å²) in [4.78, 5) is 14.5. The van der Waals surface area contributed by atoms with E-state index in [2.05, 4.69) is 49.6 Å². The third-order valence-corrected chi connectivity index (χ3v) is 7.51. The van der Waals surface area contributed by atoms with Crippen molar-refractivity contribution in [2.45, 2.75) is 25.8 Å². The molecule has 1 fully saturated rings. The van der Waals surface area contributed by atoms with Crippen LogP contribution < -0.4 is 0 Å². The van der Waals surface area contributed by atoms with Crippen molar-refractivity contribution < 1.29 is 8.78 Å². The quantitative estimate of drug-likeness (QED) is 0.227. The van der Waals surface area contributed by atoms with Crippen LogP contribution in [0.1, 0.15) is 28.8 Å². The van der Waals surface area contributed by atoms with Crippen molar-refractivity contribution in [1.82, 2.24) is 30.0 Å². The number of aryl methyl sites for hydroxylation is 1. The van der Waals surface area contributed by atoms with Gasteiger partial charge in [0.15, 0.2) is 0 Å². The molecule has 0 radical (unpaired) electrons. The summed E-state index contributed by atoms with van der Waals surface area (Å²) < 4.78 is 27.3. The van der Waals surface area contributed by atoms with Crippen LogP contribution in [0.4, 0.5) is 8.78 Å². The molecular formula is C29H26F2N6S. The first-order valence-corrected chi connectivity index (χ1v) is 13.3. The largest absolute Gasteiger partial charge is 0.357 e. The average molecular weight is 529 g/mol. The lowest BCUT2D eigenvalue weighted by Gasteiger charge is -2.15. The van der Waals surface area contributed by atoms with Gasteiger partial charge in [-0.15, -0.1) is 0 Å². The fraction of sp³-hybridized carbons (Fsp3) is 0.207. The Bertz CT molecular complexity index is 1650. The molecule has 6 heterocycles. The minimum atomic E-state index is -2.61. The fourth-order valence-electron chi connectivity index (χ4n) is 5.00. The van der Waals surface area contributed by atoms with Gasteiger partial charge in [0.05, 0.1) is 23.4 Å². The van der Waals surface area contributed by atoms with Gasteiger partial charge in [-0.05, 0) is 64.7 Å². The van der Waals surface area contributed by atoms with Gasteiger partial charge in [0.25, 0.3) is 5.92 Å². The summed E-state index contributed by atoms with van der Waals surface area (Å²) in [6.07, 6.45) is 7.20. The Kier molecular flexibility index (Phi) is 6.25. The molecule has 0 saturated carbocycles. The summed E-state index contributed by atoms with van der Waals surface area (Å²) >= 11 is 1.66. The van der Waals surface area contributed by atoms with E-state index in [-0.39, 0.29) is 13.0 Å². The number of H-pyrrole nitrogens is 2. The predicted molar refractivity (Wildman–Crippen MR) is 148 cm³/mol. The molecule has 0 bridgehead atoms. The highest BCUT2D eigenvalue weighted by molar-refractivity contribution is 7.08. The van der Waals surface area contributed by atoms with E-state index < -0.39 is 5.92 Å². The monoisotopic (exact) mass is 528 g/mol. The number of hydrogen-bond donors (Lipinski definition) is 2. The number of alkyl halides is 2. The van der Waals surface area contributed by atoms with E-state index in [1.165, 1.54) is 0 Å². The average Bonchev–Trinajstić information content (AvgIpc) is 3.70. The van der Waals surface area contributed by atoms with Gasteiger partial charge >= 0.3 is 0 Å². The number of hydrogen-bond acceptors (Lipinski definition) is 5. The Hall–Kier alpha value is -3.95. The molecule has 192 valence electrons. The third kappa shape index (κ3) is 4.70. The number of pyridine rings is 2. The summed E-state index contributed by atoms with van der Waals surface area (Å²) in [5.74, 6) is -2.61. The standard InChI is InChI=1S/C29H26F2N6S/c1-3-4-22(20-7-10-38-16-20)23-12-26(33-18(23)2)28-27-25(35-36-28)6-5-24(34-27)21-11-19(13-32-14-21)15-37-9-8-29(30,31)17-37/h3-7,10-14,16,33H,1,8-9,15,17H2,2H3,(H,35,36)/b22-4-. The fourth-order valence-corrected chi connectivity index (χ4v) is 5.66. The number of aromatic amines is 2. The van der Waals surface area contributed by atoms with E-state index in [9.17, 15) is 8.78 Å². The van der Waals surface area contributed by atoms with Gasteiger partial charge in [0.1, 0.15) is 11.2 Å². The molecule has 0 atom stereocenters. The van der Waals surface area contributed by atoms with Gasteiger partial charge < -0.3 is 4.98 Å². The van der Waals surface area contributed by atoms with Crippen molar-refractivity contribution in [3.63, 3.8) is 0 Å². The summed E-state index contributed by atoms with van der Waals surface area (Å²) in [7, 11) is 0. The lowest BCUT2D eigenvalue weighted by Crippen LogP contribution is -2.24. The number of thiophene rings is 1. The molecule has 1 saturated heterocycles. The molecule has 6 nitrogen and oxygen atoms in total. The first kappa shape index (κ1) is 24.4. The number of rotatable bonds is 7. The Morgan fingerprint density at radius 2 is 2.13 bits per heavy atom. The van der Waals surface area contributed by atoms with Crippen LogP contribution in [-0.2, 0) is 6.54 Å². The maximum Gasteiger partial charge on any atom is 0.261 e. The molecular weight excluding hydrogens is 502 g/mol. The Balaban J connectivity index is 1.33. The van der Waals surface area contributed by atoms with Crippen molar-refractivity contribution in [3.05, 3.63) is 94.6 Å². The van der Waals surface area contributed by atoms with Gasteiger partial charge in [-0.3, -0.25) is 15.0 Å². The molecule has 0 amide bonds. The lowest BCUT2D eigenvalue weighted by molar-refractivity contribution is 0.0115. The van der Waals surface area contributed by atoms with E-state index in [0.29, 0.717) is 13.1 Å². The van der Waals surface area contributed by atoms with Crippen LogP contribution >= 0.6 is 11.3 Å². The molecule has 5 aromatic rings. The minimum absolute atomic E-state index is 0.0975. The topological polar surface area (TPSA) is 73.5 Å². The van der Waals surface area contributed by atoms with Gasteiger partial charge in [0, 0.05) is 48.7 Å². The second-order valence-electron chi connectivity index (χ2n) is 9.61. The third-order valence-electron chi connectivity index (χ3n) is 6.83. The molecule has 0 spiro atoms. The second kappa shape index (κ2) is 9.74. The SMILES string of the molecule is C=C/C=C(/c1ccsc1)c1cc(-c2n[nH]c3ccc(-c4cncc(CN5CCC(F)(F)C5)c4)nc23)[nH]c1C. The second-order valence-corrected chi connectivity index (χ2v) is 10.4. The van der Waals surface area contributed by atoms with Crippen LogP contribution in [0.15, 0.2) is 72.2 Å². The zero-order valence-corrected chi connectivity index (χ0v) is 21.7. The number of nitrogens with zero attached hydrogens (tertiary/aromatic N) is 4. The maximum absolute atomic E-state index is 13.6. The normalized spacial score (nSPS) is 15.9. The number of allylic oxidation sites excluding steroid dienone is 2. The molecule has 2 N–H and O–H groups in total. The van der Waals surface area contributed by atoms with Gasteiger partial charge in [0.2, 0.25) is 0 Å². The molecule has 38 heavy (non-hydrogen) atoms. The minimum Gasteiger partial charge on any atom is -0.357 e. The predicted octanol–water partition coefficient (Wildman–Crippen LogP) is 6.84. The number of fused-ring (bicyclic) bond motifs is 1. The summed E-state index contributed by atoms with van der Waals surface area (Å²) in [6, 6.07) is 10.0. The summed E-state index contributed by atoms with van der Waals surface area (Å²) in [6.45, 7) is 6.54. The van der Waals surface area contributed by atoms with Crippen LogP contribution in [0.3, 0.4) is 0 Å². The van der Waals surface area contributed by atoms with E-state index in [1.54, 1.807) is 34.7 Å². The molecule has 5 aromatic heterocycles. The van der Waals surface area contributed by atoms with Crippen LogP contribution in [-0.4, -0.2) is 49.1 Å². The number of nitrogens with one attached hydrogen (secondary N) is 2. The Morgan fingerprint density at radius 3 is 2.89 bits per heavy atom. The molecule has 0 unspecified atom stereocenters. The van der Waals surface area contributed by atoms with Gasteiger partial charge in [-0.2, -0.15) is 16.4 Å². The van der Waals surface area contributed by atoms with Gasteiger partial charge in [-0.25, -0.2) is 13.8 Å². The highest BCUT2D eigenvalue weighted by Gasteiger charge is 2.37. The zero-order chi connectivity index (χ0) is 26.3. The molecule has 1 aliphatic rings. The van der Waals surface area contributed by atoms with Gasteiger partial charge in [-0.1, -0.05) is 18.7 Å². The smallest absolute Gasteiger partial charge is 0.261 e. The van der Waals surface area contributed by atoms with Crippen molar-refractivity contribution in [2.75, 3.05) is 13.1 Å². The van der Waals surface area contributed by atoms with Crippen LogP contribution in [0.25, 0.3) is 39.3 Å².